The van der Waals surface area contributed by atoms with Gasteiger partial charge in [-0.3, -0.25) is 0 Å². The first kappa shape index (κ1) is 7.73. The van der Waals surface area contributed by atoms with Gasteiger partial charge in [0, 0.05) is 5.25 Å². The summed E-state index contributed by atoms with van der Waals surface area (Å²) in [7, 11) is 0. The van der Waals surface area contributed by atoms with E-state index < -0.39 is 0 Å². The van der Waals surface area contributed by atoms with E-state index in [4.69, 9.17) is 0 Å². The van der Waals surface area contributed by atoms with Crippen LogP contribution in [0.25, 0.3) is 0 Å². The number of rotatable bonds is 3. The van der Waals surface area contributed by atoms with Crippen molar-refractivity contribution in [3.8, 4) is 0 Å². The molecule has 0 aromatic rings. The predicted molar refractivity (Wildman–Crippen MR) is 36.0 cm³/mol. The minimum absolute atomic E-state index is 0.441. The van der Waals surface area contributed by atoms with Gasteiger partial charge in [-0.15, -0.1) is 0 Å². The molecule has 2 nitrogen and oxygen atoms in total. The Balaban J connectivity index is 3.23. The lowest BCUT2D eigenvalue weighted by Gasteiger charge is -1.98. The minimum Gasteiger partial charge on any atom is -0.211 e. The monoisotopic (exact) mass is 131 g/mol. The van der Waals surface area contributed by atoms with E-state index in [1.165, 1.54) is 6.08 Å². The molecule has 0 rings (SSSR count). The molecule has 0 N–H and O–H groups in total. The summed E-state index contributed by atoms with van der Waals surface area (Å²) in [5, 5.41) is 0.441. The zero-order valence-corrected chi connectivity index (χ0v) is 5.86. The fourth-order valence-electron chi connectivity index (χ4n) is 0.240. The van der Waals surface area contributed by atoms with Crippen LogP contribution in [0.3, 0.4) is 0 Å². The number of aliphatic imine (C=N–C) groups is 1. The van der Waals surface area contributed by atoms with Gasteiger partial charge >= 0.3 is 0 Å². The van der Waals surface area contributed by atoms with Gasteiger partial charge in [-0.25, -0.2) is 9.79 Å². The molecule has 1 atom stereocenters. The number of thioether (sulfide) groups is 1. The lowest BCUT2D eigenvalue weighted by Crippen LogP contribution is -1.98. The Morgan fingerprint density at radius 3 is 2.88 bits per heavy atom. The zero-order chi connectivity index (χ0) is 6.41. The average Bonchev–Trinajstić information content (AvgIpc) is 1.83. The van der Waals surface area contributed by atoms with Gasteiger partial charge in [0.2, 0.25) is 6.08 Å². The SMILES string of the molecule is CSC(C)CN=C=O. The Bertz CT molecular complexity index is 98.6. The molecule has 1 unspecified atom stereocenters. The van der Waals surface area contributed by atoms with Crippen molar-refractivity contribution in [2.24, 2.45) is 4.99 Å². The quantitative estimate of drug-likeness (QED) is 0.423. The van der Waals surface area contributed by atoms with Gasteiger partial charge in [-0.05, 0) is 6.26 Å². The molecule has 0 saturated carbocycles. The van der Waals surface area contributed by atoms with Crippen LogP contribution < -0.4 is 0 Å². The first-order chi connectivity index (χ1) is 3.81. The normalized spacial score (nSPS) is 12.2. The standard InChI is InChI=1S/C5H9NOS/c1-5(8-2)3-6-4-7/h5H,3H2,1-2H3. The summed E-state index contributed by atoms with van der Waals surface area (Å²) in [6.45, 7) is 2.61. The molecule has 0 saturated heterocycles. The molecule has 0 amide bonds. The van der Waals surface area contributed by atoms with Crippen molar-refractivity contribution >= 4 is 17.8 Å². The summed E-state index contributed by atoms with van der Waals surface area (Å²) in [5.41, 5.74) is 0. The summed E-state index contributed by atoms with van der Waals surface area (Å²) in [6, 6.07) is 0. The van der Waals surface area contributed by atoms with Crippen molar-refractivity contribution < 1.29 is 4.79 Å². The number of carbonyl (C=O) groups excluding carboxylic acids is 1. The summed E-state index contributed by atoms with van der Waals surface area (Å²) in [6.07, 6.45) is 3.49. The van der Waals surface area contributed by atoms with Gasteiger partial charge in [0.1, 0.15) is 0 Å². The maximum absolute atomic E-state index is 9.52. The molecule has 0 aliphatic rings. The third-order valence-corrected chi connectivity index (χ3v) is 1.77. The number of nitrogens with zero attached hydrogens (tertiary/aromatic N) is 1. The molecular formula is C5H9NOS. The van der Waals surface area contributed by atoms with E-state index in [0.29, 0.717) is 11.8 Å². The van der Waals surface area contributed by atoms with Crippen LogP contribution in [0.2, 0.25) is 0 Å². The first-order valence-electron chi connectivity index (χ1n) is 2.37. The van der Waals surface area contributed by atoms with Crippen LogP contribution in [0.5, 0.6) is 0 Å². The number of hydrogen-bond acceptors (Lipinski definition) is 3. The third kappa shape index (κ3) is 3.90. The molecule has 0 aromatic heterocycles. The second-order valence-electron chi connectivity index (χ2n) is 1.48. The Kier molecular flexibility index (Phi) is 4.71. The smallest absolute Gasteiger partial charge is 0.211 e. The van der Waals surface area contributed by atoms with Crippen molar-refractivity contribution in [2.75, 3.05) is 12.8 Å². The highest BCUT2D eigenvalue weighted by Crippen LogP contribution is 2.03. The maximum atomic E-state index is 9.52. The average molecular weight is 131 g/mol. The second kappa shape index (κ2) is 4.88. The molecule has 0 aliphatic heterocycles. The van der Waals surface area contributed by atoms with Gasteiger partial charge in [0.05, 0.1) is 6.54 Å². The molecule has 0 radical (unpaired) electrons. The van der Waals surface area contributed by atoms with Gasteiger partial charge in [0.25, 0.3) is 0 Å². The summed E-state index contributed by atoms with van der Waals surface area (Å²) in [5.74, 6) is 0. The maximum Gasteiger partial charge on any atom is 0.234 e. The molecular weight excluding hydrogens is 122 g/mol. The largest absolute Gasteiger partial charge is 0.234 e. The van der Waals surface area contributed by atoms with E-state index in [0.717, 1.165) is 0 Å². The number of isocyanates is 1. The topological polar surface area (TPSA) is 29.4 Å². The molecule has 3 heteroatoms. The molecule has 8 heavy (non-hydrogen) atoms. The number of hydrogen-bond donors (Lipinski definition) is 0. The van der Waals surface area contributed by atoms with Crippen LogP contribution in [0.1, 0.15) is 6.92 Å². The van der Waals surface area contributed by atoms with Gasteiger partial charge in [0.15, 0.2) is 0 Å². The fourth-order valence-corrected chi connectivity index (χ4v) is 0.464. The Labute approximate surface area is 53.4 Å². The Morgan fingerprint density at radius 1 is 1.88 bits per heavy atom. The van der Waals surface area contributed by atoms with Crippen LogP contribution in [-0.4, -0.2) is 24.1 Å². The molecule has 0 aromatic carbocycles. The first-order valence-corrected chi connectivity index (χ1v) is 3.66. The molecule has 46 valence electrons. The van der Waals surface area contributed by atoms with E-state index in [2.05, 4.69) is 4.99 Å². The van der Waals surface area contributed by atoms with Crippen molar-refractivity contribution in [2.45, 2.75) is 12.2 Å². The van der Waals surface area contributed by atoms with E-state index >= 15 is 0 Å². The van der Waals surface area contributed by atoms with Crippen LogP contribution >= 0.6 is 11.8 Å². The lowest BCUT2D eigenvalue weighted by atomic mass is 10.5. The van der Waals surface area contributed by atoms with E-state index in [-0.39, 0.29) is 0 Å². The van der Waals surface area contributed by atoms with Gasteiger partial charge in [-0.2, -0.15) is 11.8 Å². The highest BCUT2D eigenvalue weighted by atomic mass is 32.2. The van der Waals surface area contributed by atoms with Crippen LogP contribution in [0, 0.1) is 0 Å². The molecule has 0 bridgehead atoms. The van der Waals surface area contributed by atoms with E-state index in [1.807, 2.05) is 13.2 Å². The van der Waals surface area contributed by atoms with Gasteiger partial charge in [-0.1, -0.05) is 6.92 Å². The van der Waals surface area contributed by atoms with Crippen LogP contribution in [0.4, 0.5) is 0 Å². The third-order valence-electron chi connectivity index (χ3n) is 0.815. The van der Waals surface area contributed by atoms with Gasteiger partial charge < -0.3 is 0 Å². The second-order valence-corrected chi connectivity index (χ2v) is 2.75. The molecule has 0 spiro atoms. The lowest BCUT2D eigenvalue weighted by molar-refractivity contribution is 0.563. The van der Waals surface area contributed by atoms with E-state index in [1.54, 1.807) is 11.8 Å². The highest BCUT2D eigenvalue weighted by Gasteiger charge is 1.93. The zero-order valence-electron chi connectivity index (χ0n) is 5.05. The molecule has 0 fully saturated rings. The summed E-state index contributed by atoms with van der Waals surface area (Å²) >= 11 is 1.69. The van der Waals surface area contributed by atoms with Crippen molar-refractivity contribution in [1.29, 1.82) is 0 Å². The van der Waals surface area contributed by atoms with E-state index in [9.17, 15) is 4.79 Å². The van der Waals surface area contributed by atoms with Crippen LogP contribution in [-0.2, 0) is 4.79 Å². The van der Waals surface area contributed by atoms with Crippen LogP contribution in [0.15, 0.2) is 4.99 Å². The molecule has 0 aliphatic carbocycles. The fraction of sp³-hybridized carbons (Fsp3) is 0.800. The van der Waals surface area contributed by atoms with Crippen molar-refractivity contribution in [3.63, 3.8) is 0 Å². The van der Waals surface area contributed by atoms with Crippen molar-refractivity contribution in [3.05, 3.63) is 0 Å². The minimum atomic E-state index is 0.441. The summed E-state index contributed by atoms with van der Waals surface area (Å²) < 4.78 is 0. The highest BCUT2D eigenvalue weighted by molar-refractivity contribution is 7.99. The molecule has 0 heterocycles. The Hall–Kier alpha value is -0.270. The Morgan fingerprint density at radius 2 is 2.50 bits per heavy atom. The predicted octanol–water partition coefficient (Wildman–Crippen LogP) is 1.07. The summed E-state index contributed by atoms with van der Waals surface area (Å²) in [4.78, 5) is 12.9. The van der Waals surface area contributed by atoms with Crippen molar-refractivity contribution in [1.82, 2.24) is 0 Å².